The molecule has 1 aromatic carbocycles. The predicted octanol–water partition coefficient (Wildman–Crippen LogP) is 2.35. The van der Waals surface area contributed by atoms with E-state index in [9.17, 15) is 23.7 Å². The number of amides is 1. The molecule has 11 heteroatoms. The third kappa shape index (κ3) is 4.62. The summed E-state index contributed by atoms with van der Waals surface area (Å²) in [7, 11) is 1.27. The van der Waals surface area contributed by atoms with E-state index in [1.54, 1.807) is 0 Å². The van der Waals surface area contributed by atoms with Crippen molar-refractivity contribution in [3.8, 4) is 11.5 Å². The molecule has 0 bridgehead atoms. The number of ether oxygens (including phenoxy) is 2. The highest BCUT2D eigenvalue weighted by molar-refractivity contribution is 5.90. The molecule has 9 nitrogen and oxygen atoms in total. The van der Waals surface area contributed by atoms with Gasteiger partial charge >= 0.3 is 12.3 Å². The van der Waals surface area contributed by atoms with Gasteiger partial charge in [0.1, 0.15) is 18.4 Å². The highest BCUT2D eigenvalue weighted by Gasteiger charge is 2.17. The lowest BCUT2D eigenvalue weighted by molar-refractivity contribution is -0.385. The molecule has 0 saturated carbocycles. The third-order valence-corrected chi connectivity index (χ3v) is 3.09. The first-order valence-corrected chi connectivity index (χ1v) is 6.91. The van der Waals surface area contributed by atoms with Crippen molar-refractivity contribution in [3.63, 3.8) is 0 Å². The first kappa shape index (κ1) is 18.1. The summed E-state index contributed by atoms with van der Waals surface area (Å²) in [5.74, 6) is -0.667. The highest BCUT2D eigenvalue weighted by Crippen LogP contribution is 2.31. The maximum absolute atomic E-state index is 12.3. The average Bonchev–Trinajstić information content (AvgIpc) is 2.88. The predicted molar refractivity (Wildman–Crippen MR) is 81.9 cm³/mol. The second kappa shape index (κ2) is 7.55. The Kier molecular flexibility index (Phi) is 5.47. The molecular formula is C14H14F2N4O5. The number of nitrogens with one attached hydrogen (secondary N) is 1. The van der Waals surface area contributed by atoms with Gasteiger partial charge in [-0.15, -0.1) is 0 Å². The largest absolute Gasteiger partial charge is 0.493 e. The van der Waals surface area contributed by atoms with Crippen molar-refractivity contribution in [1.82, 2.24) is 9.78 Å². The molecule has 134 valence electrons. The van der Waals surface area contributed by atoms with Gasteiger partial charge < -0.3 is 14.8 Å². The van der Waals surface area contributed by atoms with Gasteiger partial charge in [-0.3, -0.25) is 19.6 Å². The molecular weight excluding hydrogens is 342 g/mol. The van der Waals surface area contributed by atoms with Gasteiger partial charge in [-0.1, -0.05) is 0 Å². The van der Waals surface area contributed by atoms with E-state index in [4.69, 9.17) is 4.74 Å². The minimum atomic E-state index is -3.01. The van der Waals surface area contributed by atoms with E-state index in [0.717, 1.165) is 10.9 Å². The van der Waals surface area contributed by atoms with E-state index in [1.807, 2.05) is 0 Å². The SMILES string of the molecule is COc1cc(NC(=O)Cn2cc([N+](=O)[O-])c(C)n2)ccc1OC(F)F. The molecule has 0 spiro atoms. The van der Waals surface area contributed by atoms with E-state index >= 15 is 0 Å². The summed E-state index contributed by atoms with van der Waals surface area (Å²) >= 11 is 0. The number of nitro groups is 1. The molecule has 1 heterocycles. The van der Waals surface area contributed by atoms with Gasteiger partial charge in [-0.2, -0.15) is 13.9 Å². The fourth-order valence-electron chi connectivity index (χ4n) is 2.05. The van der Waals surface area contributed by atoms with E-state index in [1.165, 1.54) is 32.2 Å². The Balaban J connectivity index is 2.07. The molecule has 0 atom stereocenters. The Morgan fingerprint density at radius 2 is 2.16 bits per heavy atom. The Bertz CT molecular complexity index is 794. The summed E-state index contributed by atoms with van der Waals surface area (Å²) in [4.78, 5) is 22.2. The number of hydrogen-bond donors (Lipinski definition) is 1. The van der Waals surface area contributed by atoms with Crippen molar-refractivity contribution in [2.24, 2.45) is 0 Å². The standard InChI is InChI=1S/C14H14F2N4O5/c1-8-10(20(22)23)6-19(18-8)7-13(21)17-9-3-4-11(25-14(15)16)12(5-9)24-2/h3-6,14H,7H2,1-2H3,(H,17,21). The molecule has 25 heavy (non-hydrogen) atoms. The van der Waals surface area contributed by atoms with Crippen LogP contribution in [0, 0.1) is 17.0 Å². The minimum Gasteiger partial charge on any atom is -0.493 e. The third-order valence-electron chi connectivity index (χ3n) is 3.09. The number of rotatable bonds is 7. The molecule has 0 aliphatic heterocycles. The molecule has 0 aliphatic carbocycles. The lowest BCUT2D eigenvalue weighted by atomic mass is 10.2. The number of carbonyl (C=O) groups excluding carboxylic acids is 1. The van der Waals surface area contributed by atoms with Crippen LogP contribution in [0.4, 0.5) is 20.2 Å². The summed E-state index contributed by atoms with van der Waals surface area (Å²) in [5, 5.41) is 17.2. The highest BCUT2D eigenvalue weighted by atomic mass is 19.3. The van der Waals surface area contributed by atoms with Crippen molar-refractivity contribution >= 4 is 17.3 Å². The Morgan fingerprint density at radius 1 is 1.44 bits per heavy atom. The molecule has 0 unspecified atom stereocenters. The zero-order valence-corrected chi connectivity index (χ0v) is 13.2. The van der Waals surface area contributed by atoms with Crippen molar-refractivity contribution in [3.05, 3.63) is 40.2 Å². The fourth-order valence-corrected chi connectivity index (χ4v) is 2.05. The number of nitrogens with zero attached hydrogens (tertiary/aromatic N) is 3. The number of hydrogen-bond acceptors (Lipinski definition) is 6. The molecule has 2 rings (SSSR count). The van der Waals surface area contributed by atoms with Crippen LogP contribution >= 0.6 is 0 Å². The van der Waals surface area contributed by atoms with Crippen molar-refractivity contribution < 1.29 is 28.0 Å². The van der Waals surface area contributed by atoms with Gasteiger partial charge in [0, 0.05) is 11.8 Å². The lowest BCUT2D eigenvalue weighted by Crippen LogP contribution is -2.19. The van der Waals surface area contributed by atoms with E-state index in [2.05, 4.69) is 15.2 Å². The Morgan fingerprint density at radius 3 is 2.72 bits per heavy atom. The van der Waals surface area contributed by atoms with Gasteiger partial charge in [0.25, 0.3) is 0 Å². The van der Waals surface area contributed by atoms with Crippen molar-refractivity contribution in [1.29, 1.82) is 0 Å². The average molecular weight is 356 g/mol. The van der Waals surface area contributed by atoms with E-state index < -0.39 is 17.4 Å². The summed E-state index contributed by atoms with van der Waals surface area (Å²) in [6, 6.07) is 3.89. The zero-order chi connectivity index (χ0) is 18.6. The van der Waals surface area contributed by atoms with Gasteiger partial charge in [0.2, 0.25) is 5.91 Å². The number of carbonyl (C=O) groups is 1. The zero-order valence-electron chi connectivity index (χ0n) is 13.2. The van der Waals surface area contributed by atoms with Crippen LogP contribution in [0.15, 0.2) is 24.4 Å². The number of aryl methyl sites for hydroxylation is 1. The first-order chi connectivity index (χ1) is 11.8. The van der Waals surface area contributed by atoms with Crippen molar-refractivity contribution in [2.75, 3.05) is 12.4 Å². The number of benzene rings is 1. The quantitative estimate of drug-likeness (QED) is 0.602. The lowest BCUT2D eigenvalue weighted by Gasteiger charge is -2.12. The number of aromatic nitrogens is 2. The minimum absolute atomic E-state index is 0.0173. The summed E-state index contributed by atoms with van der Waals surface area (Å²) in [5.41, 5.74) is 0.276. The van der Waals surface area contributed by atoms with Crippen LogP contribution in [0.1, 0.15) is 5.69 Å². The maximum Gasteiger partial charge on any atom is 0.387 e. The van der Waals surface area contributed by atoms with Gasteiger partial charge in [0.05, 0.1) is 12.0 Å². The smallest absolute Gasteiger partial charge is 0.387 e. The monoisotopic (exact) mass is 356 g/mol. The van der Waals surface area contributed by atoms with Gasteiger partial charge in [0.15, 0.2) is 11.5 Å². The van der Waals surface area contributed by atoms with E-state index in [-0.39, 0.29) is 35.1 Å². The molecule has 2 aromatic rings. The summed E-state index contributed by atoms with van der Waals surface area (Å²) in [6.07, 6.45) is 1.15. The van der Waals surface area contributed by atoms with Crippen LogP contribution in [-0.4, -0.2) is 34.3 Å². The maximum atomic E-state index is 12.3. The van der Waals surface area contributed by atoms with Crippen LogP contribution in [0.2, 0.25) is 0 Å². The van der Waals surface area contributed by atoms with Crippen LogP contribution < -0.4 is 14.8 Å². The van der Waals surface area contributed by atoms with Gasteiger partial charge in [-0.05, 0) is 19.1 Å². The molecule has 0 fully saturated rings. The normalized spacial score (nSPS) is 10.6. The van der Waals surface area contributed by atoms with Gasteiger partial charge in [-0.25, -0.2) is 0 Å². The molecule has 1 N–H and O–H groups in total. The van der Waals surface area contributed by atoms with Crippen molar-refractivity contribution in [2.45, 2.75) is 20.1 Å². The molecule has 0 saturated heterocycles. The second-order valence-electron chi connectivity index (χ2n) is 4.85. The van der Waals surface area contributed by atoms with Crippen LogP contribution in [0.25, 0.3) is 0 Å². The van der Waals surface area contributed by atoms with Crippen LogP contribution in [0.3, 0.4) is 0 Å². The molecule has 1 aromatic heterocycles. The van der Waals surface area contributed by atoms with Crippen LogP contribution in [0.5, 0.6) is 11.5 Å². The second-order valence-corrected chi connectivity index (χ2v) is 4.85. The number of methoxy groups -OCH3 is 1. The topological polar surface area (TPSA) is 109 Å². The van der Waals surface area contributed by atoms with E-state index in [0.29, 0.717) is 0 Å². The Hall–Kier alpha value is -3.24. The number of alkyl halides is 2. The first-order valence-electron chi connectivity index (χ1n) is 6.91. The summed E-state index contributed by atoms with van der Waals surface area (Å²) in [6.45, 7) is -1.81. The Labute approximate surface area is 140 Å². The van der Waals surface area contributed by atoms with Crippen LogP contribution in [-0.2, 0) is 11.3 Å². The summed E-state index contributed by atoms with van der Waals surface area (Å²) < 4.78 is 34.9. The molecule has 0 radical (unpaired) electrons. The fraction of sp³-hybridized carbons (Fsp3) is 0.286. The molecule has 1 amide bonds. The molecule has 0 aliphatic rings. The number of halogens is 2. The number of anilines is 1.